The van der Waals surface area contributed by atoms with Gasteiger partial charge in [-0.1, -0.05) is 25.9 Å². The van der Waals surface area contributed by atoms with Crippen LogP contribution in [-0.4, -0.2) is 43.7 Å². The molecule has 1 fully saturated rings. The van der Waals surface area contributed by atoms with Crippen LogP contribution in [-0.2, 0) is 5.41 Å². The summed E-state index contributed by atoms with van der Waals surface area (Å²) in [4.78, 5) is 23.5. The van der Waals surface area contributed by atoms with Crippen molar-refractivity contribution in [3.05, 3.63) is 27.8 Å². The second kappa shape index (κ2) is 5.68. The van der Waals surface area contributed by atoms with Crippen LogP contribution >= 0.6 is 11.3 Å². The minimum atomic E-state index is -0.592. The molecule has 3 heterocycles. The summed E-state index contributed by atoms with van der Waals surface area (Å²) in [5.74, 6) is 0.727. The quantitative estimate of drug-likeness (QED) is 0.902. The minimum Gasteiger partial charge on any atom is -0.391 e. The molecule has 0 bridgehead atoms. The monoisotopic (exact) mass is 336 g/mol. The van der Waals surface area contributed by atoms with Crippen LogP contribution in [0.5, 0.6) is 0 Å². The highest BCUT2D eigenvalue weighted by atomic mass is 32.1. The van der Waals surface area contributed by atoms with Crippen LogP contribution in [0.3, 0.4) is 0 Å². The number of hydrogen-bond donors (Lipinski definition) is 1. The number of thiazole rings is 1. The number of rotatable bonds is 2. The number of amides is 1. The number of carbonyl (C=O) groups is 1. The molecule has 3 rings (SSSR count). The first-order valence-electron chi connectivity index (χ1n) is 7.51. The summed E-state index contributed by atoms with van der Waals surface area (Å²) in [5.41, 5.74) is -0.100. The zero-order chi connectivity index (χ0) is 16.8. The Labute approximate surface area is 138 Å². The number of β-amino-alcohol motifs (C(OH)–C–C–N with tert-alkyl or cyclic N) is 1. The van der Waals surface area contributed by atoms with Gasteiger partial charge in [-0.3, -0.25) is 4.79 Å². The van der Waals surface area contributed by atoms with Crippen molar-refractivity contribution in [2.75, 3.05) is 6.54 Å². The molecule has 7 nitrogen and oxygen atoms in total. The lowest BCUT2D eigenvalue weighted by Crippen LogP contribution is -2.31. The normalized spacial score (nSPS) is 21.9. The number of carbonyl (C=O) groups excluding carboxylic acids is 1. The summed E-state index contributed by atoms with van der Waals surface area (Å²) in [5, 5.41) is 14.7. The maximum Gasteiger partial charge on any atom is 0.266 e. The van der Waals surface area contributed by atoms with E-state index in [0.717, 1.165) is 5.01 Å². The summed E-state index contributed by atoms with van der Waals surface area (Å²) in [6.07, 6.45) is 1.42. The first-order chi connectivity index (χ1) is 10.8. The molecule has 0 spiro atoms. The van der Waals surface area contributed by atoms with Crippen molar-refractivity contribution in [3.63, 3.8) is 0 Å². The third kappa shape index (κ3) is 3.13. The van der Waals surface area contributed by atoms with E-state index in [1.807, 2.05) is 0 Å². The molecule has 8 heteroatoms. The fraction of sp³-hybridized carbons (Fsp3) is 0.600. The molecule has 0 radical (unpaired) electrons. The van der Waals surface area contributed by atoms with Crippen molar-refractivity contribution < 1.29 is 14.4 Å². The predicted molar refractivity (Wildman–Crippen MR) is 84.3 cm³/mol. The van der Waals surface area contributed by atoms with Crippen LogP contribution in [0.25, 0.3) is 0 Å². The molecular formula is C15H20N4O3S. The summed E-state index contributed by atoms with van der Waals surface area (Å²) >= 11 is 1.39. The lowest BCUT2D eigenvalue weighted by Gasteiger charge is -2.20. The largest absolute Gasteiger partial charge is 0.391 e. The molecule has 0 unspecified atom stereocenters. The van der Waals surface area contributed by atoms with Gasteiger partial charge in [0.15, 0.2) is 5.82 Å². The van der Waals surface area contributed by atoms with E-state index < -0.39 is 6.10 Å². The van der Waals surface area contributed by atoms with E-state index in [1.54, 1.807) is 18.0 Å². The lowest BCUT2D eigenvalue weighted by atomic mass is 9.98. The highest BCUT2D eigenvalue weighted by Crippen LogP contribution is 2.34. The van der Waals surface area contributed by atoms with Crippen molar-refractivity contribution in [2.45, 2.75) is 51.7 Å². The molecule has 124 valence electrons. The molecule has 1 N–H and O–H groups in total. The molecule has 2 atom stereocenters. The smallest absolute Gasteiger partial charge is 0.266 e. The van der Waals surface area contributed by atoms with Gasteiger partial charge in [0.2, 0.25) is 5.89 Å². The van der Waals surface area contributed by atoms with E-state index in [9.17, 15) is 9.90 Å². The van der Waals surface area contributed by atoms with Crippen molar-refractivity contribution in [1.29, 1.82) is 0 Å². The van der Waals surface area contributed by atoms with Gasteiger partial charge in [-0.15, -0.1) is 11.3 Å². The van der Waals surface area contributed by atoms with Crippen molar-refractivity contribution in [2.24, 2.45) is 0 Å². The summed E-state index contributed by atoms with van der Waals surface area (Å²) in [7, 11) is 0. The summed E-state index contributed by atoms with van der Waals surface area (Å²) in [6, 6.07) is -0.390. The van der Waals surface area contributed by atoms with Gasteiger partial charge in [0, 0.05) is 18.4 Å². The maximum absolute atomic E-state index is 12.8. The molecular weight excluding hydrogens is 316 g/mol. The zero-order valence-corrected chi connectivity index (χ0v) is 14.4. The molecule has 1 amide bonds. The fourth-order valence-corrected chi connectivity index (χ4v) is 3.51. The summed E-state index contributed by atoms with van der Waals surface area (Å²) in [6.45, 7) is 8.16. The molecule has 0 aromatic carbocycles. The molecule has 0 saturated carbocycles. The molecule has 1 aliphatic rings. The van der Waals surface area contributed by atoms with Gasteiger partial charge in [0.25, 0.3) is 5.91 Å². The van der Waals surface area contributed by atoms with Gasteiger partial charge in [-0.05, 0) is 6.92 Å². The topological polar surface area (TPSA) is 92.4 Å². The van der Waals surface area contributed by atoms with Gasteiger partial charge in [-0.2, -0.15) is 4.98 Å². The standard InChI is InChI=1S/C15H20N4O3S/c1-8-17-12(22-18-8)10-5-9(20)7-19(10)13(21)11-6-16-14(23-11)15(2,3)4/h6,9-10,20H,5,7H2,1-4H3/t9-,10+/m0/s1. The van der Waals surface area contributed by atoms with Gasteiger partial charge >= 0.3 is 0 Å². The first-order valence-corrected chi connectivity index (χ1v) is 8.33. The van der Waals surface area contributed by atoms with Gasteiger partial charge in [-0.25, -0.2) is 4.98 Å². The Hall–Kier alpha value is -1.80. The van der Waals surface area contributed by atoms with E-state index in [-0.39, 0.29) is 23.9 Å². The number of aliphatic hydroxyl groups is 1. The van der Waals surface area contributed by atoms with E-state index in [1.165, 1.54) is 11.3 Å². The van der Waals surface area contributed by atoms with Crippen molar-refractivity contribution in [3.8, 4) is 0 Å². The highest BCUT2D eigenvalue weighted by Gasteiger charge is 2.39. The Balaban J connectivity index is 1.86. The van der Waals surface area contributed by atoms with Crippen molar-refractivity contribution >= 4 is 17.2 Å². The number of aromatic nitrogens is 3. The van der Waals surface area contributed by atoms with Crippen molar-refractivity contribution in [1.82, 2.24) is 20.0 Å². The fourth-order valence-electron chi connectivity index (χ4n) is 2.58. The Kier molecular flexibility index (Phi) is 3.97. The highest BCUT2D eigenvalue weighted by molar-refractivity contribution is 7.13. The third-order valence-corrected chi connectivity index (χ3v) is 5.14. The average Bonchev–Trinajstić information content (AvgIpc) is 3.15. The molecule has 1 aliphatic heterocycles. The second-order valence-electron chi connectivity index (χ2n) is 6.82. The Morgan fingerprint density at radius 2 is 2.22 bits per heavy atom. The number of hydrogen-bond acceptors (Lipinski definition) is 7. The van der Waals surface area contributed by atoms with Gasteiger partial charge < -0.3 is 14.5 Å². The lowest BCUT2D eigenvalue weighted by molar-refractivity contribution is 0.0698. The van der Waals surface area contributed by atoms with E-state index in [0.29, 0.717) is 23.0 Å². The van der Waals surface area contributed by atoms with E-state index >= 15 is 0 Å². The van der Waals surface area contributed by atoms with Gasteiger partial charge in [0.05, 0.1) is 17.3 Å². The minimum absolute atomic E-state index is 0.100. The number of nitrogens with zero attached hydrogens (tertiary/aromatic N) is 4. The first kappa shape index (κ1) is 16.1. The van der Waals surface area contributed by atoms with Crippen LogP contribution in [0, 0.1) is 6.92 Å². The van der Waals surface area contributed by atoms with E-state index in [2.05, 4.69) is 35.9 Å². The Bertz CT molecular complexity index is 718. The Morgan fingerprint density at radius 1 is 1.48 bits per heavy atom. The number of likely N-dealkylation sites (tertiary alicyclic amines) is 1. The predicted octanol–water partition coefficient (Wildman–Crippen LogP) is 2.08. The summed E-state index contributed by atoms with van der Waals surface area (Å²) < 4.78 is 5.19. The molecule has 0 aliphatic carbocycles. The number of aliphatic hydroxyl groups excluding tert-OH is 1. The Morgan fingerprint density at radius 3 is 2.78 bits per heavy atom. The second-order valence-corrected chi connectivity index (χ2v) is 7.85. The van der Waals surface area contributed by atoms with Crippen LogP contribution in [0.4, 0.5) is 0 Å². The maximum atomic E-state index is 12.8. The molecule has 2 aromatic heterocycles. The van der Waals surface area contributed by atoms with Crippen LogP contribution in [0.2, 0.25) is 0 Å². The van der Waals surface area contributed by atoms with Crippen LogP contribution in [0.15, 0.2) is 10.7 Å². The number of aryl methyl sites for hydroxylation is 1. The third-order valence-electron chi connectivity index (χ3n) is 3.73. The van der Waals surface area contributed by atoms with E-state index in [4.69, 9.17) is 4.52 Å². The van der Waals surface area contributed by atoms with Crippen LogP contribution in [0.1, 0.15) is 59.6 Å². The SMILES string of the molecule is Cc1noc([C@H]2C[C@H](O)CN2C(=O)c2cnc(C(C)(C)C)s2)n1. The average molecular weight is 336 g/mol. The molecule has 23 heavy (non-hydrogen) atoms. The zero-order valence-electron chi connectivity index (χ0n) is 13.6. The van der Waals surface area contributed by atoms with Gasteiger partial charge in [0.1, 0.15) is 10.9 Å². The molecule has 1 saturated heterocycles. The van der Waals surface area contributed by atoms with Crippen LogP contribution < -0.4 is 0 Å². The molecule has 2 aromatic rings.